The van der Waals surface area contributed by atoms with Gasteiger partial charge in [-0.3, -0.25) is 0 Å². The van der Waals surface area contributed by atoms with Crippen LogP contribution in [0.3, 0.4) is 0 Å². The van der Waals surface area contributed by atoms with Gasteiger partial charge in [-0.25, -0.2) is 9.59 Å². The maximum atomic E-state index is 11.5. The number of hydrogen-bond acceptors (Lipinski definition) is 5. The normalized spacial score (nSPS) is 12.2. The standard InChI is InChI=1S/C12H25N3O4S/c1-15(2)6-8-19-7-5-13-12(18)14-10(11(16)17)4-9-20-3/h10H,4-9H2,1-3H3,(H,16,17)(H2,13,14,18)/t10-/m1/s1. The van der Waals surface area contributed by atoms with Gasteiger partial charge in [-0.15, -0.1) is 0 Å². The van der Waals surface area contributed by atoms with Crippen molar-refractivity contribution in [3.63, 3.8) is 0 Å². The van der Waals surface area contributed by atoms with E-state index in [0.717, 1.165) is 6.54 Å². The highest BCUT2D eigenvalue weighted by Gasteiger charge is 2.18. The minimum absolute atomic E-state index is 0.355. The topological polar surface area (TPSA) is 90.9 Å². The summed E-state index contributed by atoms with van der Waals surface area (Å²) in [6.45, 7) is 2.18. The van der Waals surface area contributed by atoms with Crippen LogP contribution < -0.4 is 10.6 Å². The molecule has 0 aromatic carbocycles. The second kappa shape index (κ2) is 11.8. The van der Waals surface area contributed by atoms with Crippen LogP contribution in [0, 0.1) is 0 Å². The Balaban J connectivity index is 3.71. The molecule has 7 nitrogen and oxygen atoms in total. The molecule has 0 aromatic rings. The number of nitrogens with zero attached hydrogens (tertiary/aromatic N) is 1. The largest absolute Gasteiger partial charge is 0.480 e. The quantitative estimate of drug-likeness (QED) is 0.468. The van der Waals surface area contributed by atoms with Crippen molar-refractivity contribution in [2.24, 2.45) is 0 Å². The van der Waals surface area contributed by atoms with E-state index in [9.17, 15) is 9.59 Å². The van der Waals surface area contributed by atoms with Gasteiger partial charge in [0.25, 0.3) is 0 Å². The van der Waals surface area contributed by atoms with Gasteiger partial charge in [-0.1, -0.05) is 0 Å². The molecule has 0 unspecified atom stereocenters. The van der Waals surface area contributed by atoms with E-state index >= 15 is 0 Å². The molecule has 0 radical (unpaired) electrons. The molecule has 0 heterocycles. The molecule has 0 aliphatic carbocycles. The number of amides is 2. The molecule has 0 spiro atoms. The lowest BCUT2D eigenvalue weighted by atomic mass is 10.2. The second-order valence-corrected chi connectivity index (χ2v) is 5.47. The van der Waals surface area contributed by atoms with Crippen molar-refractivity contribution in [2.75, 3.05) is 52.4 Å². The van der Waals surface area contributed by atoms with Gasteiger partial charge in [-0.2, -0.15) is 11.8 Å². The van der Waals surface area contributed by atoms with Crippen LogP contribution in [0.1, 0.15) is 6.42 Å². The van der Waals surface area contributed by atoms with Gasteiger partial charge < -0.3 is 25.4 Å². The maximum Gasteiger partial charge on any atom is 0.326 e. The lowest BCUT2D eigenvalue weighted by Crippen LogP contribution is -2.47. The minimum atomic E-state index is -1.02. The third-order valence-corrected chi connectivity index (χ3v) is 3.07. The van der Waals surface area contributed by atoms with Crippen molar-refractivity contribution in [3.05, 3.63) is 0 Å². The fourth-order valence-corrected chi connectivity index (χ4v) is 1.76. The van der Waals surface area contributed by atoms with Gasteiger partial charge in [0.05, 0.1) is 13.2 Å². The molecule has 0 rings (SSSR count). The van der Waals surface area contributed by atoms with Gasteiger partial charge >= 0.3 is 12.0 Å². The number of carboxylic acid groups (broad SMARTS) is 1. The zero-order chi connectivity index (χ0) is 15.4. The van der Waals surface area contributed by atoms with E-state index in [1.54, 1.807) is 11.8 Å². The molecule has 1 atom stereocenters. The first-order valence-corrected chi connectivity index (χ1v) is 7.85. The van der Waals surface area contributed by atoms with Crippen LogP contribution in [0.15, 0.2) is 0 Å². The van der Waals surface area contributed by atoms with E-state index < -0.39 is 18.0 Å². The van der Waals surface area contributed by atoms with E-state index in [4.69, 9.17) is 9.84 Å². The average Bonchev–Trinajstić information content (AvgIpc) is 2.37. The van der Waals surface area contributed by atoms with Gasteiger partial charge in [0, 0.05) is 13.1 Å². The summed E-state index contributed by atoms with van der Waals surface area (Å²) in [6, 6.07) is -1.33. The zero-order valence-corrected chi connectivity index (χ0v) is 13.2. The molecular formula is C12H25N3O4S. The molecule has 0 fully saturated rings. The van der Waals surface area contributed by atoms with Crippen molar-refractivity contribution < 1.29 is 19.4 Å². The Labute approximate surface area is 124 Å². The lowest BCUT2D eigenvalue weighted by Gasteiger charge is -2.15. The molecular weight excluding hydrogens is 282 g/mol. The van der Waals surface area contributed by atoms with Crippen molar-refractivity contribution in [2.45, 2.75) is 12.5 Å². The van der Waals surface area contributed by atoms with E-state index in [2.05, 4.69) is 10.6 Å². The van der Waals surface area contributed by atoms with Crippen LogP contribution in [0.5, 0.6) is 0 Å². The summed E-state index contributed by atoms with van der Waals surface area (Å²) in [4.78, 5) is 24.4. The molecule has 0 aliphatic rings. The number of carbonyl (C=O) groups excluding carboxylic acids is 1. The van der Waals surface area contributed by atoms with Crippen molar-refractivity contribution in [1.82, 2.24) is 15.5 Å². The Morgan fingerprint density at radius 1 is 1.35 bits per heavy atom. The summed E-state index contributed by atoms with van der Waals surface area (Å²) >= 11 is 1.54. The molecule has 0 aliphatic heterocycles. The minimum Gasteiger partial charge on any atom is -0.480 e. The fraction of sp³-hybridized carbons (Fsp3) is 0.833. The van der Waals surface area contributed by atoms with Crippen molar-refractivity contribution in [3.8, 4) is 0 Å². The predicted molar refractivity (Wildman–Crippen MR) is 80.3 cm³/mol. The van der Waals surface area contributed by atoms with E-state index in [1.807, 2.05) is 25.3 Å². The zero-order valence-electron chi connectivity index (χ0n) is 12.3. The molecule has 0 bridgehead atoms. The van der Waals surface area contributed by atoms with E-state index in [1.165, 1.54) is 0 Å². The number of ether oxygens (including phenoxy) is 1. The van der Waals surface area contributed by atoms with Gasteiger partial charge in [0.2, 0.25) is 0 Å². The van der Waals surface area contributed by atoms with Gasteiger partial charge in [0.1, 0.15) is 6.04 Å². The monoisotopic (exact) mass is 307 g/mol. The molecule has 0 aromatic heterocycles. The Bertz CT molecular complexity index is 290. The lowest BCUT2D eigenvalue weighted by molar-refractivity contribution is -0.139. The molecule has 3 N–H and O–H groups in total. The first-order chi connectivity index (χ1) is 9.47. The van der Waals surface area contributed by atoms with Crippen LogP contribution in [-0.2, 0) is 9.53 Å². The van der Waals surface area contributed by atoms with Crippen LogP contribution in [-0.4, -0.2) is 80.5 Å². The molecule has 8 heteroatoms. The summed E-state index contributed by atoms with van der Waals surface area (Å²) in [7, 11) is 3.91. The first kappa shape index (κ1) is 19.0. The number of rotatable bonds is 11. The summed E-state index contributed by atoms with van der Waals surface area (Å²) in [5.41, 5.74) is 0. The summed E-state index contributed by atoms with van der Waals surface area (Å²) in [5, 5.41) is 14.0. The second-order valence-electron chi connectivity index (χ2n) is 4.49. The number of hydrogen-bond donors (Lipinski definition) is 3. The summed E-state index contributed by atoms with van der Waals surface area (Å²) in [6.07, 6.45) is 2.30. The number of carboxylic acids is 1. The van der Waals surface area contributed by atoms with Crippen LogP contribution >= 0.6 is 11.8 Å². The SMILES string of the molecule is CSCC[C@@H](NC(=O)NCCOCCN(C)C)C(=O)O. The van der Waals surface area contributed by atoms with Crippen LogP contribution in [0.2, 0.25) is 0 Å². The highest BCUT2D eigenvalue weighted by molar-refractivity contribution is 7.98. The van der Waals surface area contributed by atoms with E-state index in [0.29, 0.717) is 31.9 Å². The van der Waals surface area contributed by atoms with Crippen molar-refractivity contribution in [1.29, 1.82) is 0 Å². The first-order valence-electron chi connectivity index (χ1n) is 6.46. The molecule has 118 valence electrons. The van der Waals surface area contributed by atoms with Gasteiger partial charge in [0.15, 0.2) is 0 Å². The number of nitrogens with one attached hydrogen (secondary N) is 2. The smallest absolute Gasteiger partial charge is 0.326 e. The molecule has 0 saturated carbocycles. The Morgan fingerprint density at radius 3 is 2.60 bits per heavy atom. The highest BCUT2D eigenvalue weighted by atomic mass is 32.2. The Kier molecular flexibility index (Phi) is 11.2. The van der Waals surface area contributed by atoms with Crippen LogP contribution in [0.4, 0.5) is 4.79 Å². The highest BCUT2D eigenvalue weighted by Crippen LogP contribution is 2.00. The Morgan fingerprint density at radius 2 is 2.05 bits per heavy atom. The fourth-order valence-electron chi connectivity index (χ4n) is 1.29. The number of thioether (sulfide) groups is 1. The van der Waals surface area contributed by atoms with Gasteiger partial charge in [-0.05, 0) is 32.5 Å². The third kappa shape index (κ3) is 10.9. The number of likely N-dealkylation sites (N-methyl/N-ethyl adjacent to an activating group) is 1. The average molecular weight is 307 g/mol. The van der Waals surface area contributed by atoms with Crippen LogP contribution in [0.25, 0.3) is 0 Å². The Hall–Kier alpha value is -0.990. The van der Waals surface area contributed by atoms with Crippen molar-refractivity contribution >= 4 is 23.8 Å². The predicted octanol–water partition coefficient (Wildman–Crippen LogP) is 0.0701. The molecule has 0 saturated heterocycles. The maximum absolute atomic E-state index is 11.5. The van der Waals surface area contributed by atoms with E-state index in [-0.39, 0.29) is 0 Å². The number of carbonyl (C=O) groups is 2. The molecule has 2 amide bonds. The number of aliphatic carboxylic acids is 1. The summed E-state index contributed by atoms with van der Waals surface area (Å²) < 4.78 is 5.31. The number of urea groups is 1. The summed E-state index contributed by atoms with van der Waals surface area (Å²) in [5.74, 6) is -0.332. The molecule has 20 heavy (non-hydrogen) atoms. The third-order valence-electron chi connectivity index (χ3n) is 2.43.